The van der Waals surface area contributed by atoms with Crippen molar-refractivity contribution >= 4 is 15.5 Å². The number of piperazine rings is 1. The molecule has 5 nitrogen and oxygen atoms in total. The Morgan fingerprint density at radius 1 is 1.26 bits per heavy atom. The number of sulfone groups is 1. The molecule has 0 aromatic heterocycles. The Kier molecular flexibility index (Phi) is 5.59. The second-order valence-electron chi connectivity index (χ2n) is 5.95. The SMILES string of the molecule is CC(O)CN1CCN(c2ccc(S(=O)(=O)C(F)F)cc2)C(C)C1. The molecule has 0 spiro atoms. The summed E-state index contributed by atoms with van der Waals surface area (Å²) in [7, 11) is -4.55. The van der Waals surface area contributed by atoms with Crippen LogP contribution >= 0.6 is 0 Å². The minimum absolute atomic E-state index is 0.181. The molecule has 0 amide bonds. The van der Waals surface area contributed by atoms with Crippen molar-refractivity contribution < 1.29 is 22.3 Å². The summed E-state index contributed by atoms with van der Waals surface area (Å²) in [6.45, 7) is 6.70. The van der Waals surface area contributed by atoms with Crippen molar-refractivity contribution in [2.45, 2.75) is 36.6 Å². The minimum Gasteiger partial charge on any atom is -0.392 e. The number of hydrogen-bond donors (Lipinski definition) is 1. The summed E-state index contributed by atoms with van der Waals surface area (Å²) < 4.78 is 47.9. The van der Waals surface area contributed by atoms with Gasteiger partial charge in [0.15, 0.2) is 0 Å². The first-order valence-corrected chi connectivity index (χ1v) is 9.05. The van der Waals surface area contributed by atoms with Crippen molar-refractivity contribution in [3.8, 4) is 0 Å². The molecule has 0 radical (unpaired) electrons. The van der Waals surface area contributed by atoms with Crippen LogP contribution in [0.5, 0.6) is 0 Å². The van der Waals surface area contributed by atoms with Crippen molar-refractivity contribution in [1.82, 2.24) is 4.90 Å². The van der Waals surface area contributed by atoms with Crippen molar-refractivity contribution in [2.75, 3.05) is 31.1 Å². The number of anilines is 1. The zero-order valence-corrected chi connectivity index (χ0v) is 14.0. The van der Waals surface area contributed by atoms with Gasteiger partial charge >= 0.3 is 5.76 Å². The summed E-state index contributed by atoms with van der Waals surface area (Å²) in [5, 5.41) is 9.45. The van der Waals surface area contributed by atoms with Crippen LogP contribution < -0.4 is 4.90 Å². The number of alkyl halides is 2. The van der Waals surface area contributed by atoms with Gasteiger partial charge in [0, 0.05) is 37.9 Å². The standard InChI is InChI=1S/C15H22F2N2O3S/c1-11-9-18(10-12(2)20)7-8-19(11)13-3-5-14(6-4-13)23(21,22)15(16)17/h3-6,11-12,15,20H,7-10H2,1-2H3. The molecule has 1 saturated heterocycles. The summed E-state index contributed by atoms with van der Waals surface area (Å²) in [6.07, 6.45) is -0.382. The molecule has 1 heterocycles. The lowest BCUT2D eigenvalue weighted by Crippen LogP contribution is -2.53. The van der Waals surface area contributed by atoms with Gasteiger partial charge in [-0.15, -0.1) is 0 Å². The average Bonchev–Trinajstić information content (AvgIpc) is 2.46. The van der Waals surface area contributed by atoms with Crippen molar-refractivity contribution in [2.24, 2.45) is 0 Å². The Morgan fingerprint density at radius 3 is 2.35 bits per heavy atom. The lowest BCUT2D eigenvalue weighted by atomic mass is 10.1. The molecule has 1 aromatic rings. The van der Waals surface area contributed by atoms with E-state index < -0.39 is 15.6 Å². The van der Waals surface area contributed by atoms with E-state index in [2.05, 4.69) is 9.80 Å². The lowest BCUT2D eigenvalue weighted by molar-refractivity contribution is 0.115. The highest BCUT2D eigenvalue weighted by Gasteiger charge is 2.28. The predicted octanol–water partition coefficient (Wildman–Crippen LogP) is 1.57. The van der Waals surface area contributed by atoms with Gasteiger partial charge < -0.3 is 10.0 Å². The highest BCUT2D eigenvalue weighted by Crippen LogP contribution is 2.25. The maximum atomic E-state index is 12.5. The zero-order chi connectivity index (χ0) is 17.2. The van der Waals surface area contributed by atoms with Crippen LogP contribution in [-0.2, 0) is 9.84 Å². The molecule has 2 rings (SSSR count). The first-order valence-electron chi connectivity index (χ1n) is 7.51. The van der Waals surface area contributed by atoms with Crippen LogP contribution in [0, 0.1) is 0 Å². The van der Waals surface area contributed by atoms with Crippen LogP contribution in [0.4, 0.5) is 14.5 Å². The van der Waals surface area contributed by atoms with Gasteiger partial charge in [-0.25, -0.2) is 8.42 Å². The van der Waals surface area contributed by atoms with E-state index in [0.717, 1.165) is 25.3 Å². The van der Waals surface area contributed by atoms with Crippen molar-refractivity contribution in [3.05, 3.63) is 24.3 Å². The smallest absolute Gasteiger partial charge is 0.341 e. The quantitative estimate of drug-likeness (QED) is 0.875. The molecule has 1 aromatic carbocycles. The van der Waals surface area contributed by atoms with Crippen LogP contribution in [0.15, 0.2) is 29.2 Å². The van der Waals surface area contributed by atoms with E-state index in [1.807, 2.05) is 6.92 Å². The van der Waals surface area contributed by atoms with Gasteiger partial charge in [0.2, 0.25) is 9.84 Å². The van der Waals surface area contributed by atoms with Crippen molar-refractivity contribution in [1.29, 1.82) is 0 Å². The summed E-state index contributed by atoms with van der Waals surface area (Å²) in [5.41, 5.74) is 0.808. The topological polar surface area (TPSA) is 60.9 Å². The Labute approximate surface area is 135 Å². The fourth-order valence-electron chi connectivity index (χ4n) is 2.89. The molecule has 2 unspecified atom stereocenters. The van der Waals surface area contributed by atoms with Crippen LogP contribution in [0.3, 0.4) is 0 Å². The first kappa shape index (κ1) is 18.1. The summed E-state index contributed by atoms with van der Waals surface area (Å²) >= 11 is 0. The predicted molar refractivity (Wildman–Crippen MR) is 84.6 cm³/mol. The third-order valence-electron chi connectivity index (χ3n) is 3.97. The van der Waals surface area contributed by atoms with E-state index >= 15 is 0 Å². The third-order valence-corrected chi connectivity index (χ3v) is 5.36. The van der Waals surface area contributed by atoms with E-state index in [1.165, 1.54) is 12.1 Å². The Balaban J connectivity index is 2.09. The summed E-state index contributed by atoms with van der Waals surface area (Å²) in [6, 6.07) is 5.77. The molecular weight excluding hydrogens is 326 g/mol. The number of halogens is 2. The molecule has 1 aliphatic heterocycles. The molecule has 0 aliphatic carbocycles. The van der Waals surface area contributed by atoms with Crippen LogP contribution in [0.2, 0.25) is 0 Å². The maximum Gasteiger partial charge on any atom is 0.341 e. The fraction of sp³-hybridized carbons (Fsp3) is 0.600. The van der Waals surface area contributed by atoms with Gasteiger partial charge in [-0.1, -0.05) is 0 Å². The molecule has 130 valence electrons. The number of hydrogen-bond acceptors (Lipinski definition) is 5. The largest absolute Gasteiger partial charge is 0.392 e. The number of β-amino-alcohol motifs (C(OH)–C–C–N with tert-alkyl or cyclic N) is 1. The molecule has 23 heavy (non-hydrogen) atoms. The van der Waals surface area contributed by atoms with E-state index in [0.29, 0.717) is 6.54 Å². The Hall–Kier alpha value is -1.25. The van der Waals surface area contributed by atoms with Crippen LogP contribution in [0.25, 0.3) is 0 Å². The van der Waals surface area contributed by atoms with Gasteiger partial charge in [-0.3, -0.25) is 4.90 Å². The van der Waals surface area contributed by atoms with Gasteiger partial charge in [-0.2, -0.15) is 8.78 Å². The number of benzene rings is 1. The lowest BCUT2D eigenvalue weighted by Gasteiger charge is -2.41. The van der Waals surface area contributed by atoms with E-state index in [1.54, 1.807) is 19.1 Å². The molecular formula is C15H22F2N2O3S. The van der Waals surface area contributed by atoms with Gasteiger partial charge in [0.1, 0.15) is 0 Å². The number of aliphatic hydroxyl groups excluding tert-OH is 1. The van der Waals surface area contributed by atoms with Gasteiger partial charge in [0.05, 0.1) is 11.0 Å². The molecule has 1 N–H and O–H groups in total. The van der Waals surface area contributed by atoms with E-state index in [4.69, 9.17) is 0 Å². The first-order chi connectivity index (χ1) is 10.7. The highest BCUT2D eigenvalue weighted by molar-refractivity contribution is 7.91. The van der Waals surface area contributed by atoms with Gasteiger partial charge in [-0.05, 0) is 38.1 Å². The number of nitrogens with zero attached hydrogens (tertiary/aromatic N) is 2. The van der Waals surface area contributed by atoms with Crippen molar-refractivity contribution in [3.63, 3.8) is 0 Å². The third kappa shape index (κ3) is 4.19. The Morgan fingerprint density at radius 2 is 1.87 bits per heavy atom. The molecule has 1 aliphatic rings. The molecule has 0 bridgehead atoms. The monoisotopic (exact) mass is 348 g/mol. The van der Waals surface area contributed by atoms with E-state index in [9.17, 15) is 22.3 Å². The highest BCUT2D eigenvalue weighted by atomic mass is 32.2. The summed E-state index contributed by atoms with van der Waals surface area (Å²) in [5.74, 6) is -3.41. The van der Waals surface area contributed by atoms with Gasteiger partial charge in [0.25, 0.3) is 0 Å². The second-order valence-corrected chi connectivity index (χ2v) is 7.87. The average molecular weight is 348 g/mol. The minimum atomic E-state index is -4.55. The zero-order valence-electron chi connectivity index (χ0n) is 13.2. The van der Waals surface area contributed by atoms with Crippen LogP contribution in [-0.4, -0.2) is 62.5 Å². The normalized spacial score (nSPS) is 21.7. The summed E-state index contributed by atoms with van der Waals surface area (Å²) in [4.78, 5) is 3.91. The molecule has 1 fully saturated rings. The molecule has 0 saturated carbocycles. The number of aliphatic hydroxyl groups is 1. The molecule has 8 heteroatoms. The number of rotatable bonds is 5. The Bertz CT molecular complexity index is 620. The van der Waals surface area contributed by atoms with Crippen LogP contribution in [0.1, 0.15) is 13.8 Å². The maximum absolute atomic E-state index is 12.5. The fourth-order valence-corrected chi connectivity index (χ4v) is 3.61. The second kappa shape index (κ2) is 7.11. The van der Waals surface area contributed by atoms with E-state index in [-0.39, 0.29) is 17.0 Å². The molecule has 2 atom stereocenters.